The highest BCUT2D eigenvalue weighted by atomic mass is 35.5. The van der Waals surface area contributed by atoms with Gasteiger partial charge in [0.1, 0.15) is 5.82 Å². The molecule has 0 fully saturated rings. The Hall–Kier alpha value is -2.59. The van der Waals surface area contributed by atoms with Gasteiger partial charge in [0.25, 0.3) is 0 Å². The average molecular weight is 353 g/mol. The van der Waals surface area contributed by atoms with Crippen molar-refractivity contribution in [2.75, 3.05) is 10.6 Å². The minimum atomic E-state index is 0.603. The minimum Gasteiger partial charge on any atom is -0.350 e. The van der Waals surface area contributed by atoms with E-state index in [4.69, 9.17) is 11.6 Å². The summed E-state index contributed by atoms with van der Waals surface area (Å²) >= 11 is 5.92. The third-order valence-electron chi connectivity index (χ3n) is 3.88. The zero-order chi connectivity index (χ0) is 17.6. The van der Waals surface area contributed by atoms with Gasteiger partial charge >= 0.3 is 0 Å². The maximum Gasteiger partial charge on any atom is 0.225 e. The van der Waals surface area contributed by atoms with Crippen LogP contribution < -0.4 is 10.6 Å². The summed E-state index contributed by atoms with van der Waals surface area (Å²) in [4.78, 5) is 9.04. The third kappa shape index (κ3) is 4.70. The molecule has 1 heterocycles. The van der Waals surface area contributed by atoms with Gasteiger partial charge in [-0.3, -0.25) is 0 Å². The molecule has 0 bridgehead atoms. The second kappa shape index (κ2) is 7.99. The van der Waals surface area contributed by atoms with Crippen LogP contribution in [0.1, 0.15) is 23.7 Å². The van der Waals surface area contributed by atoms with E-state index in [-0.39, 0.29) is 0 Å². The van der Waals surface area contributed by atoms with Crippen LogP contribution in [0.2, 0.25) is 5.02 Å². The van der Waals surface area contributed by atoms with Crippen LogP contribution in [0.5, 0.6) is 0 Å². The van der Waals surface area contributed by atoms with E-state index in [0.29, 0.717) is 12.5 Å². The molecule has 0 atom stereocenters. The van der Waals surface area contributed by atoms with Crippen LogP contribution in [0.3, 0.4) is 0 Å². The van der Waals surface area contributed by atoms with Crippen LogP contribution in [0, 0.1) is 6.92 Å². The normalized spacial score (nSPS) is 10.5. The van der Waals surface area contributed by atoms with Crippen molar-refractivity contribution < 1.29 is 0 Å². The van der Waals surface area contributed by atoms with Crippen molar-refractivity contribution in [3.05, 3.63) is 76.4 Å². The predicted octanol–water partition coefficient (Wildman–Crippen LogP) is 5.36. The lowest BCUT2D eigenvalue weighted by Gasteiger charge is -2.12. The highest BCUT2D eigenvalue weighted by molar-refractivity contribution is 6.30. The summed E-state index contributed by atoms with van der Waals surface area (Å²) in [6.07, 6.45) is 0.967. The summed E-state index contributed by atoms with van der Waals surface area (Å²) in [6.45, 7) is 4.75. The Morgan fingerprint density at radius 3 is 2.52 bits per heavy atom. The molecule has 2 N–H and O–H groups in total. The van der Waals surface area contributed by atoms with E-state index in [1.54, 1.807) is 0 Å². The van der Waals surface area contributed by atoms with Gasteiger partial charge in [0.2, 0.25) is 5.95 Å². The van der Waals surface area contributed by atoms with Crippen molar-refractivity contribution in [1.82, 2.24) is 9.97 Å². The lowest BCUT2D eigenvalue weighted by Crippen LogP contribution is -2.06. The Bertz CT molecular complexity index is 847. The molecule has 0 saturated carbocycles. The van der Waals surface area contributed by atoms with Crippen molar-refractivity contribution in [2.24, 2.45) is 0 Å². The molecule has 2 aromatic carbocycles. The van der Waals surface area contributed by atoms with Crippen molar-refractivity contribution in [3.63, 3.8) is 0 Å². The molecule has 0 aliphatic carbocycles. The molecule has 0 aliphatic heterocycles. The molecule has 0 amide bonds. The fourth-order valence-electron chi connectivity index (χ4n) is 2.58. The molecule has 3 aromatic rings. The standard InChI is InChI=1S/C20H21ClN4/c1-3-16-6-4-5-7-18(16)24-19-12-14(2)23-20(25-19)22-13-15-8-10-17(21)11-9-15/h4-12H,3,13H2,1-2H3,(H2,22,23,24,25). The van der Waals surface area contributed by atoms with Gasteiger partial charge in [-0.25, -0.2) is 4.98 Å². The van der Waals surface area contributed by atoms with Crippen LogP contribution in [-0.2, 0) is 13.0 Å². The van der Waals surface area contributed by atoms with E-state index in [1.807, 2.05) is 49.4 Å². The Kier molecular flexibility index (Phi) is 5.51. The van der Waals surface area contributed by atoms with Gasteiger partial charge in [-0.2, -0.15) is 4.98 Å². The second-order valence-electron chi connectivity index (χ2n) is 5.83. The van der Waals surface area contributed by atoms with Crippen LogP contribution in [0.4, 0.5) is 17.5 Å². The van der Waals surface area contributed by atoms with Gasteiger partial charge in [-0.15, -0.1) is 0 Å². The Morgan fingerprint density at radius 2 is 1.76 bits per heavy atom. The van der Waals surface area contributed by atoms with Gasteiger partial charge in [0, 0.05) is 29.0 Å². The van der Waals surface area contributed by atoms with Crippen molar-refractivity contribution in [2.45, 2.75) is 26.8 Å². The highest BCUT2D eigenvalue weighted by Crippen LogP contribution is 2.21. The average Bonchev–Trinajstić information content (AvgIpc) is 2.61. The van der Waals surface area contributed by atoms with Gasteiger partial charge in [-0.05, 0) is 42.7 Å². The van der Waals surface area contributed by atoms with E-state index in [2.05, 4.69) is 39.7 Å². The molecule has 4 nitrogen and oxygen atoms in total. The summed E-state index contributed by atoms with van der Waals surface area (Å²) in [5.74, 6) is 1.39. The first-order chi connectivity index (χ1) is 12.1. The molecule has 3 rings (SSSR count). The SMILES string of the molecule is CCc1ccccc1Nc1cc(C)nc(NCc2ccc(Cl)cc2)n1. The summed E-state index contributed by atoms with van der Waals surface area (Å²) in [6, 6.07) is 17.9. The fourth-order valence-corrected chi connectivity index (χ4v) is 2.71. The quantitative estimate of drug-likeness (QED) is 0.627. The third-order valence-corrected chi connectivity index (χ3v) is 4.13. The van der Waals surface area contributed by atoms with Crippen LogP contribution >= 0.6 is 11.6 Å². The predicted molar refractivity (Wildman–Crippen MR) is 105 cm³/mol. The largest absolute Gasteiger partial charge is 0.350 e. The Labute approximate surface area is 153 Å². The maximum absolute atomic E-state index is 5.92. The minimum absolute atomic E-state index is 0.603. The molecule has 25 heavy (non-hydrogen) atoms. The van der Waals surface area contributed by atoms with E-state index >= 15 is 0 Å². The van der Waals surface area contributed by atoms with Gasteiger partial charge in [-0.1, -0.05) is 48.9 Å². The number of aryl methyl sites for hydroxylation is 2. The molecular formula is C20H21ClN4. The number of hydrogen-bond acceptors (Lipinski definition) is 4. The lowest BCUT2D eigenvalue weighted by atomic mass is 10.1. The zero-order valence-corrected chi connectivity index (χ0v) is 15.1. The molecule has 5 heteroatoms. The number of halogens is 1. The number of anilines is 3. The molecule has 0 unspecified atom stereocenters. The highest BCUT2D eigenvalue weighted by Gasteiger charge is 2.05. The van der Waals surface area contributed by atoms with E-state index < -0.39 is 0 Å². The summed E-state index contributed by atoms with van der Waals surface area (Å²) in [5.41, 5.74) is 4.37. The molecule has 1 aromatic heterocycles. The Balaban J connectivity index is 1.75. The Morgan fingerprint density at radius 1 is 1.00 bits per heavy atom. The summed E-state index contributed by atoms with van der Waals surface area (Å²) in [5, 5.41) is 7.41. The number of aromatic nitrogens is 2. The van der Waals surface area contributed by atoms with Crippen LogP contribution in [0.15, 0.2) is 54.6 Å². The van der Waals surface area contributed by atoms with Crippen LogP contribution in [-0.4, -0.2) is 9.97 Å². The number of nitrogens with zero attached hydrogens (tertiary/aromatic N) is 2. The number of para-hydroxylation sites is 1. The molecule has 0 aliphatic rings. The van der Waals surface area contributed by atoms with Gasteiger partial charge < -0.3 is 10.6 Å². The van der Waals surface area contributed by atoms with Crippen LogP contribution in [0.25, 0.3) is 0 Å². The van der Waals surface area contributed by atoms with Gasteiger partial charge in [0.05, 0.1) is 0 Å². The van der Waals surface area contributed by atoms with Crippen molar-refractivity contribution >= 4 is 29.1 Å². The molecule has 0 spiro atoms. The second-order valence-corrected chi connectivity index (χ2v) is 6.27. The lowest BCUT2D eigenvalue weighted by molar-refractivity contribution is 1.03. The molecule has 0 saturated heterocycles. The van der Waals surface area contributed by atoms with E-state index in [1.165, 1.54) is 5.56 Å². The molecule has 0 radical (unpaired) electrons. The number of benzene rings is 2. The number of nitrogens with one attached hydrogen (secondary N) is 2. The molecular weight excluding hydrogens is 332 g/mol. The first kappa shape index (κ1) is 17.2. The number of rotatable bonds is 6. The summed E-state index contributed by atoms with van der Waals surface area (Å²) in [7, 11) is 0. The first-order valence-electron chi connectivity index (χ1n) is 8.33. The smallest absolute Gasteiger partial charge is 0.225 e. The summed E-state index contributed by atoms with van der Waals surface area (Å²) < 4.78 is 0. The van der Waals surface area contributed by atoms with E-state index in [0.717, 1.165) is 34.2 Å². The van der Waals surface area contributed by atoms with Crippen molar-refractivity contribution in [3.8, 4) is 0 Å². The first-order valence-corrected chi connectivity index (χ1v) is 8.71. The van der Waals surface area contributed by atoms with Crippen molar-refractivity contribution in [1.29, 1.82) is 0 Å². The molecule has 128 valence electrons. The van der Waals surface area contributed by atoms with Gasteiger partial charge in [0.15, 0.2) is 0 Å². The number of hydrogen-bond donors (Lipinski definition) is 2. The zero-order valence-electron chi connectivity index (χ0n) is 14.4. The fraction of sp³-hybridized carbons (Fsp3) is 0.200. The monoisotopic (exact) mass is 352 g/mol. The maximum atomic E-state index is 5.92. The topological polar surface area (TPSA) is 49.8 Å². The van der Waals surface area contributed by atoms with E-state index in [9.17, 15) is 0 Å².